The zero-order chi connectivity index (χ0) is 13.0. The molecule has 0 spiro atoms. The minimum atomic E-state index is 0.216. The van der Waals surface area contributed by atoms with Gasteiger partial charge in [0.2, 0.25) is 11.8 Å². The molecule has 2 aromatic heterocycles. The van der Waals surface area contributed by atoms with E-state index in [9.17, 15) is 0 Å². The summed E-state index contributed by atoms with van der Waals surface area (Å²) in [5.74, 6) is 1.18. The molecule has 0 aliphatic heterocycles. The molecule has 0 amide bonds. The maximum absolute atomic E-state index is 5.66. The summed E-state index contributed by atoms with van der Waals surface area (Å²) in [5, 5.41) is 5.86. The van der Waals surface area contributed by atoms with E-state index >= 15 is 0 Å². The maximum Gasteiger partial charge on any atom is 0.227 e. The lowest BCUT2D eigenvalue weighted by Gasteiger charge is -2.10. The van der Waals surface area contributed by atoms with Gasteiger partial charge in [-0.15, -0.1) is 11.3 Å². The number of aromatic nitrogens is 2. The number of nitrogens with one attached hydrogen (secondary N) is 1. The van der Waals surface area contributed by atoms with Crippen LogP contribution in [0, 0.1) is 0 Å². The summed E-state index contributed by atoms with van der Waals surface area (Å²) >= 11 is 1.57. The molecule has 2 rings (SSSR count). The van der Waals surface area contributed by atoms with E-state index in [-0.39, 0.29) is 6.10 Å². The lowest BCUT2D eigenvalue weighted by Crippen LogP contribution is -2.12. The molecule has 0 saturated heterocycles. The highest BCUT2D eigenvalue weighted by Gasteiger charge is 2.09. The second kappa shape index (κ2) is 5.97. The summed E-state index contributed by atoms with van der Waals surface area (Å²) < 4.78 is 11.1. The van der Waals surface area contributed by atoms with Crippen molar-refractivity contribution >= 4 is 27.5 Å². The molecule has 2 heterocycles. The summed E-state index contributed by atoms with van der Waals surface area (Å²) in [6, 6.07) is 1.97. The number of fused-ring (bicyclic) bond motifs is 1. The number of hydrogen-bond acceptors (Lipinski definition) is 6. The number of anilines is 1. The van der Waals surface area contributed by atoms with Crippen molar-refractivity contribution in [1.82, 2.24) is 9.97 Å². The van der Waals surface area contributed by atoms with E-state index in [4.69, 9.17) is 9.47 Å². The van der Waals surface area contributed by atoms with Crippen LogP contribution in [-0.2, 0) is 4.74 Å². The van der Waals surface area contributed by atoms with Gasteiger partial charge in [0.25, 0.3) is 0 Å². The van der Waals surface area contributed by atoms with Crippen LogP contribution in [-0.4, -0.2) is 36.3 Å². The predicted molar refractivity (Wildman–Crippen MR) is 73.5 cm³/mol. The molecule has 0 unspecified atom stereocenters. The number of rotatable bonds is 6. The average Bonchev–Trinajstić information content (AvgIpc) is 2.82. The molecular formula is C12H17N3O2S. The van der Waals surface area contributed by atoms with E-state index in [2.05, 4.69) is 15.3 Å². The van der Waals surface area contributed by atoms with Crippen LogP contribution < -0.4 is 10.1 Å². The third-order valence-electron chi connectivity index (χ3n) is 2.29. The van der Waals surface area contributed by atoms with Gasteiger partial charge in [-0.25, -0.2) is 4.98 Å². The Labute approximate surface area is 110 Å². The lowest BCUT2D eigenvalue weighted by molar-refractivity contribution is 0.0546. The molecule has 0 aromatic carbocycles. The Morgan fingerprint density at radius 3 is 2.89 bits per heavy atom. The van der Waals surface area contributed by atoms with Crippen LogP contribution in [0.1, 0.15) is 13.8 Å². The summed E-state index contributed by atoms with van der Waals surface area (Å²) in [5.41, 5.74) is 0. The molecule has 0 atom stereocenters. The highest BCUT2D eigenvalue weighted by atomic mass is 32.1. The summed E-state index contributed by atoms with van der Waals surface area (Å²) in [6.07, 6.45) is 0.216. The van der Waals surface area contributed by atoms with Gasteiger partial charge in [-0.2, -0.15) is 4.98 Å². The second-order valence-electron chi connectivity index (χ2n) is 4.01. The molecule has 0 radical (unpaired) electrons. The van der Waals surface area contributed by atoms with E-state index in [0.29, 0.717) is 25.0 Å². The summed E-state index contributed by atoms with van der Waals surface area (Å²) in [7, 11) is 1.79. The number of ether oxygens (including phenoxy) is 2. The van der Waals surface area contributed by atoms with Crippen LogP contribution in [0.2, 0.25) is 0 Å². The van der Waals surface area contributed by atoms with Crippen LogP contribution in [0.3, 0.4) is 0 Å². The van der Waals surface area contributed by atoms with Gasteiger partial charge in [-0.1, -0.05) is 0 Å². The zero-order valence-electron chi connectivity index (χ0n) is 10.8. The molecule has 0 saturated carbocycles. The van der Waals surface area contributed by atoms with Crippen molar-refractivity contribution in [3.8, 4) is 5.88 Å². The van der Waals surface area contributed by atoms with Gasteiger partial charge < -0.3 is 14.8 Å². The van der Waals surface area contributed by atoms with E-state index < -0.39 is 0 Å². The standard InChI is InChI=1S/C12H17N3O2S/c1-8(2)16-5-6-17-10-9-4-7-18-11(9)15-12(13-3)14-10/h4,7-8H,5-6H2,1-3H3,(H,13,14,15). The quantitative estimate of drug-likeness (QED) is 0.815. The Balaban J connectivity index is 2.08. The van der Waals surface area contributed by atoms with Gasteiger partial charge in [0.1, 0.15) is 11.4 Å². The normalized spacial score (nSPS) is 11.1. The molecule has 2 aromatic rings. The minimum Gasteiger partial charge on any atom is -0.475 e. The highest BCUT2D eigenvalue weighted by Crippen LogP contribution is 2.27. The van der Waals surface area contributed by atoms with Gasteiger partial charge >= 0.3 is 0 Å². The third-order valence-corrected chi connectivity index (χ3v) is 3.09. The molecule has 6 heteroatoms. The third kappa shape index (κ3) is 3.08. The fourth-order valence-corrected chi connectivity index (χ4v) is 2.23. The first kappa shape index (κ1) is 13.0. The number of nitrogens with zero attached hydrogens (tertiary/aromatic N) is 2. The summed E-state index contributed by atoms with van der Waals surface area (Å²) in [4.78, 5) is 9.60. The van der Waals surface area contributed by atoms with Crippen LogP contribution >= 0.6 is 11.3 Å². The first-order chi connectivity index (χ1) is 8.70. The first-order valence-electron chi connectivity index (χ1n) is 5.88. The van der Waals surface area contributed by atoms with E-state index in [1.54, 1.807) is 18.4 Å². The van der Waals surface area contributed by atoms with E-state index in [1.807, 2.05) is 25.3 Å². The molecule has 98 valence electrons. The average molecular weight is 267 g/mol. The topological polar surface area (TPSA) is 56.3 Å². The fraction of sp³-hybridized carbons (Fsp3) is 0.500. The van der Waals surface area contributed by atoms with Crippen molar-refractivity contribution in [3.05, 3.63) is 11.4 Å². The van der Waals surface area contributed by atoms with Crippen molar-refractivity contribution in [3.63, 3.8) is 0 Å². The fourth-order valence-electron chi connectivity index (χ4n) is 1.47. The Hall–Kier alpha value is -1.40. The van der Waals surface area contributed by atoms with E-state index in [0.717, 1.165) is 10.2 Å². The summed E-state index contributed by atoms with van der Waals surface area (Å²) in [6.45, 7) is 5.05. The van der Waals surface area contributed by atoms with Crippen molar-refractivity contribution in [1.29, 1.82) is 0 Å². The lowest BCUT2D eigenvalue weighted by atomic mass is 10.4. The van der Waals surface area contributed by atoms with Crippen LogP contribution in [0.25, 0.3) is 10.2 Å². The molecule has 0 bridgehead atoms. The van der Waals surface area contributed by atoms with Gasteiger partial charge in [-0.3, -0.25) is 0 Å². The van der Waals surface area contributed by atoms with Crippen LogP contribution in [0.15, 0.2) is 11.4 Å². The Morgan fingerprint density at radius 2 is 2.17 bits per heavy atom. The van der Waals surface area contributed by atoms with Crippen LogP contribution in [0.5, 0.6) is 5.88 Å². The number of thiophene rings is 1. The monoisotopic (exact) mass is 267 g/mol. The molecule has 18 heavy (non-hydrogen) atoms. The molecular weight excluding hydrogens is 250 g/mol. The predicted octanol–water partition coefficient (Wildman–Crippen LogP) is 2.54. The van der Waals surface area contributed by atoms with Crippen molar-refractivity contribution < 1.29 is 9.47 Å². The first-order valence-corrected chi connectivity index (χ1v) is 6.76. The van der Waals surface area contributed by atoms with Crippen molar-refractivity contribution in [2.24, 2.45) is 0 Å². The number of hydrogen-bond donors (Lipinski definition) is 1. The SMILES string of the molecule is CNc1nc(OCCOC(C)C)c2ccsc2n1. The Kier molecular flexibility index (Phi) is 4.33. The Morgan fingerprint density at radius 1 is 1.33 bits per heavy atom. The van der Waals surface area contributed by atoms with Gasteiger partial charge in [0.05, 0.1) is 18.1 Å². The van der Waals surface area contributed by atoms with Crippen molar-refractivity contribution in [2.45, 2.75) is 20.0 Å². The molecule has 0 fully saturated rings. The van der Waals surface area contributed by atoms with Gasteiger partial charge in [0.15, 0.2) is 0 Å². The molecule has 5 nitrogen and oxygen atoms in total. The molecule has 0 aliphatic carbocycles. The van der Waals surface area contributed by atoms with Crippen LogP contribution in [0.4, 0.5) is 5.95 Å². The van der Waals surface area contributed by atoms with Gasteiger partial charge in [-0.05, 0) is 25.3 Å². The Bertz CT molecular complexity index is 513. The molecule has 0 aliphatic rings. The highest BCUT2D eigenvalue weighted by molar-refractivity contribution is 7.16. The van der Waals surface area contributed by atoms with E-state index in [1.165, 1.54) is 0 Å². The minimum absolute atomic E-state index is 0.216. The smallest absolute Gasteiger partial charge is 0.227 e. The van der Waals surface area contributed by atoms with Gasteiger partial charge in [0, 0.05) is 7.05 Å². The second-order valence-corrected chi connectivity index (χ2v) is 4.90. The zero-order valence-corrected chi connectivity index (χ0v) is 11.6. The molecule has 1 N–H and O–H groups in total. The van der Waals surface area contributed by atoms with Crippen molar-refractivity contribution in [2.75, 3.05) is 25.6 Å². The largest absolute Gasteiger partial charge is 0.475 e. The maximum atomic E-state index is 5.66.